The minimum atomic E-state index is -0.418. The van der Waals surface area contributed by atoms with Crippen molar-refractivity contribution in [2.45, 2.75) is 32.8 Å². The van der Waals surface area contributed by atoms with Crippen molar-refractivity contribution in [3.05, 3.63) is 29.8 Å². The van der Waals surface area contributed by atoms with Gasteiger partial charge in [-0.05, 0) is 50.8 Å². The molecule has 1 aromatic carbocycles. The number of carbonyl (C=O) groups excluding carboxylic acids is 1. The van der Waals surface area contributed by atoms with Crippen LogP contribution in [0.15, 0.2) is 24.3 Å². The zero-order chi connectivity index (χ0) is 14.0. The number of ether oxygens (including phenoxy) is 1. The molecule has 0 aromatic heterocycles. The van der Waals surface area contributed by atoms with Crippen LogP contribution in [0.2, 0.25) is 0 Å². The third kappa shape index (κ3) is 3.88. The third-order valence-corrected chi connectivity index (χ3v) is 3.11. The maximum absolute atomic E-state index is 11.8. The number of nitrogens with zero attached hydrogens (tertiary/aromatic N) is 1. The van der Waals surface area contributed by atoms with Crippen molar-refractivity contribution < 1.29 is 9.53 Å². The van der Waals surface area contributed by atoms with Crippen LogP contribution in [0.1, 0.15) is 26.3 Å². The summed E-state index contributed by atoms with van der Waals surface area (Å²) in [6.45, 7) is 7.21. The summed E-state index contributed by atoms with van der Waals surface area (Å²) in [5.41, 5.74) is 7.29. The molecule has 1 aliphatic heterocycles. The van der Waals surface area contributed by atoms with E-state index in [9.17, 15) is 4.79 Å². The van der Waals surface area contributed by atoms with Gasteiger partial charge in [0.25, 0.3) is 0 Å². The fraction of sp³-hybridized carbons (Fsp3) is 0.533. The number of amides is 1. The molecular formula is C15H22N2O2. The lowest BCUT2D eigenvalue weighted by atomic mass is 9.92. The minimum Gasteiger partial charge on any atom is -0.444 e. The maximum Gasteiger partial charge on any atom is 0.410 e. The first kappa shape index (κ1) is 13.7. The Morgan fingerprint density at radius 1 is 1.32 bits per heavy atom. The van der Waals surface area contributed by atoms with Gasteiger partial charge in [0, 0.05) is 18.8 Å². The van der Waals surface area contributed by atoms with E-state index in [1.807, 2.05) is 45.0 Å². The second-order valence-corrected chi connectivity index (χ2v) is 6.20. The topological polar surface area (TPSA) is 55.6 Å². The highest BCUT2D eigenvalue weighted by atomic mass is 16.6. The van der Waals surface area contributed by atoms with Gasteiger partial charge in [-0.15, -0.1) is 0 Å². The van der Waals surface area contributed by atoms with Crippen LogP contribution in [0, 0.1) is 5.92 Å². The van der Waals surface area contributed by atoms with Crippen molar-refractivity contribution in [3.63, 3.8) is 0 Å². The van der Waals surface area contributed by atoms with Crippen LogP contribution < -0.4 is 5.73 Å². The summed E-state index contributed by atoms with van der Waals surface area (Å²) in [5, 5.41) is 0. The number of nitrogens with two attached hydrogens (primary N) is 1. The Balaban J connectivity index is 1.77. The van der Waals surface area contributed by atoms with Gasteiger partial charge in [-0.3, -0.25) is 0 Å². The molecule has 1 heterocycles. The van der Waals surface area contributed by atoms with Crippen molar-refractivity contribution in [1.82, 2.24) is 4.90 Å². The minimum absolute atomic E-state index is 0.207. The highest BCUT2D eigenvalue weighted by molar-refractivity contribution is 5.69. The second kappa shape index (κ2) is 5.11. The number of nitrogen functional groups attached to an aromatic ring is 1. The summed E-state index contributed by atoms with van der Waals surface area (Å²) in [7, 11) is 0. The molecule has 0 aliphatic carbocycles. The summed E-state index contributed by atoms with van der Waals surface area (Å²) in [5.74, 6) is 0.524. The van der Waals surface area contributed by atoms with E-state index in [1.54, 1.807) is 4.90 Å². The Morgan fingerprint density at radius 2 is 1.89 bits per heavy atom. The van der Waals surface area contributed by atoms with Crippen LogP contribution >= 0.6 is 0 Å². The van der Waals surface area contributed by atoms with Crippen molar-refractivity contribution in [1.29, 1.82) is 0 Å². The van der Waals surface area contributed by atoms with Gasteiger partial charge in [0.15, 0.2) is 0 Å². The number of carbonyl (C=O) groups is 1. The molecule has 1 amide bonds. The Bertz CT molecular complexity index is 442. The maximum atomic E-state index is 11.8. The molecule has 0 spiro atoms. The quantitative estimate of drug-likeness (QED) is 0.834. The zero-order valence-corrected chi connectivity index (χ0v) is 11.8. The Kier molecular flexibility index (Phi) is 3.69. The van der Waals surface area contributed by atoms with Gasteiger partial charge in [-0.1, -0.05) is 12.1 Å². The number of hydrogen-bond donors (Lipinski definition) is 1. The molecular weight excluding hydrogens is 240 g/mol. The molecule has 104 valence electrons. The molecule has 0 bridgehead atoms. The lowest BCUT2D eigenvalue weighted by Gasteiger charge is -2.39. The van der Waals surface area contributed by atoms with Gasteiger partial charge in [-0.2, -0.15) is 0 Å². The fourth-order valence-corrected chi connectivity index (χ4v) is 2.16. The summed E-state index contributed by atoms with van der Waals surface area (Å²) >= 11 is 0. The molecule has 2 rings (SSSR count). The van der Waals surface area contributed by atoms with Gasteiger partial charge in [0.1, 0.15) is 5.60 Å². The highest BCUT2D eigenvalue weighted by Crippen LogP contribution is 2.23. The van der Waals surface area contributed by atoms with Crippen LogP contribution in [0.4, 0.5) is 10.5 Å². The van der Waals surface area contributed by atoms with Crippen LogP contribution in [-0.4, -0.2) is 29.7 Å². The van der Waals surface area contributed by atoms with Gasteiger partial charge in [0.2, 0.25) is 0 Å². The molecule has 4 nitrogen and oxygen atoms in total. The molecule has 0 atom stereocenters. The van der Waals surface area contributed by atoms with Crippen molar-refractivity contribution >= 4 is 11.8 Å². The summed E-state index contributed by atoms with van der Waals surface area (Å²) in [6, 6.07) is 7.93. The number of likely N-dealkylation sites (tertiary alicyclic amines) is 1. The predicted molar refractivity (Wildman–Crippen MR) is 75.9 cm³/mol. The van der Waals surface area contributed by atoms with E-state index in [0.29, 0.717) is 5.92 Å². The average molecular weight is 262 g/mol. The molecule has 1 aromatic rings. The molecule has 4 heteroatoms. The van der Waals surface area contributed by atoms with Crippen molar-refractivity contribution in [2.24, 2.45) is 5.92 Å². The third-order valence-electron chi connectivity index (χ3n) is 3.11. The molecule has 1 fully saturated rings. The van der Waals surface area contributed by atoms with E-state index in [-0.39, 0.29) is 6.09 Å². The SMILES string of the molecule is CC(C)(C)OC(=O)N1CC(Cc2ccc(N)cc2)C1. The number of benzene rings is 1. The number of hydrogen-bond acceptors (Lipinski definition) is 3. The standard InChI is InChI=1S/C15H22N2O2/c1-15(2,3)19-14(18)17-9-12(10-17)8-11-4-6-13(16)7-5-11/h4-7,12H,8-10,16H2,1-3H3. The normalized spacial score (nSPS) is 16.1. The molecule has 2 N–H and O–H groups in total. The summed E-state index contributed by atoms with van der Waals surface area (Å²) < 4.78 is 5.33. The monoisotopic (exact) mass is 262 g/mol. The lowest BCUT2D eigenvalue weighted by Crippen LogP contribution is -2.52. The summed E-state index contributed by atoms with van der Waals surface area (Å²) in [6.07, 6.45) is 0.778. The van der Waals surface area contributed by atoms with Crippen LogP contribution in [-0.2, 0) is 11.2 Å². The Labute approximate surface area is 114 Å². The molecule has 1 aliphatic rings. The molecule has 0 unspecified atom stereocenters. The summed E-state index contributed by atoms with van der Waals surface area (Å²) in [4.78, 5) is 13.5. The van der Waals surface area contributed by atoms with Crippen LogP contribution in [0.3, 0.4) is 0 Å². The van der Waals surface area contributed by atoms with Crippen molar-refractivity contribution in [3.8, 4) is 0 Å². The van der Waals surface area contributed by atoms with Gasteiger partial charge >= 0.3 is 6.09 Å². The second-order valence-electron chi connectivity index (χ2n) is 6.20. The Morgan fingerprint density at radius 3 is 2.42 bits per heavy atom. The number of rotatable bonds is 2. The van der Waals surface area contributed by atoms with Gasteiger partial charge in [0.05, 0.1) is 0 Å². The van der Waals surface area contributed by atoms with Crippen LogP contribution in [0.5, 0.6) is 0 Å². The highest BCUT2D eigenvalue weighted by Gasteiger charge is 2.33. The Hall–Kier alpha value is -1.71. The van der Waals surface area contributed by atoms with Crippen LogP contribution in [0.25, 0.3) is 0 Å². The first-order valence-electron chi connectivity index (χ1n) is 6.66. The van der Waals surface area contributed by atoms with E-state index in [0.717, 1.165) is 25.2 Å². The average Bonchev–Trinajstić information content (AvgIpc) is 2.22. The smallest absolute Gasteiger partial charge is 0.410 e. The molecule has 19 heavy (non-hydrogen) atoms. The van der Waals surface area contributed by atoms with E-state index in [2.05, 4.69) is 0 Å². The van der Waals surface area contributed by atoms with Gasteiger partial charge in [-0.25, -0.2) is 4.79 Å². The first-order valence-corrected chi connectivity index (χ1v) is 6.66. The zero-order valence-electron chi connectivity index (χ0n) is 11.8. The number of anilines is 1. The molecule has 0 saturated carbocycles. The van der Waals surface area contributed by atoms with E-state index >= 15 is 0 Å². The van der Waals surface area contributed by atoms with E-state index in [1.165, 1.54) is 5.56 Å². The first-order chi connectivity index (χ1) is 8.83. The van der Waals surface area contributed by atoms with E-state index < -0.39 is 5.60 Å². The van der Waals surface area contributed by atoms with Gasteiger partial charge < -0.3 is 15.4 Å². The molecule has 1 saturated heterocycles. The van der Waals surface area contributed by atoms with Crippen molar-refractivity contribution in [2.75, 3.05) is 18.8 Å². The largest absolute Gasteiger partial charge is 0.444 e. The lowest BCUT2D eigenvalue weighted by molar-refractivity contribution is -0.000876. The van der Waals surface area contributed by atoms with E-state index in [4.69, 9.17) is 10.5 Å². The fourth-order valence-electron chi connectivity index (χ4n) is 2.16. The molecule has 0 radical (unpaired) electrons. The predicted octanol–water partition coefficient (Wildman–Crippen LogP) is 2.68.